The normalized spacial score (nSPS) is 12.1. The molecule has 0 fully saturated rings. The largest absolute Gasteiger partial charge is 0.481 e. The lowest BCUT2D eigenvalue weighted by atomic mass is 10.0. The van der Waals surface area contributed by atoms with Gasteiger partial charge in [-0.2, -0.15) is 0 Å². The van der Waals surface area contributed by atoms with Gasteiger partial charge in [0.1, 0.15) is 6.10 Å². The Morgan fingerprint density at radius 3 is 1.69 bits per heavy atom. The predicted octanol–water partition coefficient (Wildman–Crippen LogP) is 6.65. The van der Waals surface area contributed by atoms with E-state index in [1.165, 1.54) is 44.9 Å². The van der Waals surface area contributed by atoms with Crippen molar-refractivity contribution in [3.8, 4) is 0 Å². The van der Waals surface area contributed by atoms with Gasteiger partial charge in [-0.05, 0) is 38.5 Å². The number of carbonyl (C=O) groups excluding carboxylic acids is 1. The molecule has 1 atom stereocenters. The molecule has 154 valence electrons. The molecule has 0 aliphatic heterocycles. The third-order valence-corrected chi connectivity index (χ3v) is 4.80. The quantitative estimate of drug-likeness (QED) is 0.204. The molecular formula is C22H42O4. The number of aliphatic carboxylic acids is 1. The van der Waals surface area contributed by atoms with Gasteiger partial charge in [0.25, 0.3) is 0 Å². The van der Waals surface area contributed by atoms with Gasteiger partial charge in [-0.1, -0.05) is 71.6 Å². The van der Waals surface area contributed by atoms with Crippen LogP contribution in [0.4, 0.5) is 0 Å². The molecular weight excluding hydrogens is 328 g/mol. The fourth-order valence-electron chi connectivity index (χ4n) is 3.22. The third-order valence-electron chi connectivity index (χ3n) is 4.80. The SMILES string of the molecule is CCCCCCC(CCCCCCCCCCC(=O)O)OC(=O)CCC. The van der Waals surface area contributed by atoms with Crippen molar-refractivity contribution in [2.24, 2.45) is 0 Å². The van der Waals surface area contributed by atoms with E-state index in [4.69, 9.17) is 9.84 Å². The summed E-state index contributed by atoms with van der Waals surface area (Å²) < 4.78 is 5.68. The Morgan fingerprint density at radius 2 is 1.19 bits per heavy atom. The average molecular weight is 371 g/mol. The van der Waals surface area contributed by atoms with Gasteiger partial charge < -0.3 is 9.84 Å². The van der Waals surface area contributed by atoms with E-state index in [1.807, 2.05) is 6.92 Å². The Hall–Kier alpha value is -1.06. The molecule has 0 bridgehead atoms. The Morgan fingerprint density at radius 1 is 0.692 bits per heavy atom. The highest BCUT2D eigenvalue weighted by Crippen LogP contribution is 2.17. The number of carboxylic acid groups (broad SMARTS) is 1. The van der Waals surface area contributed by atoms with Gasteiger partial charge in [0.2, 0.25) is 0 Å². The topological polar surface area (TPSA) is 63.6 Å². The summed E-state index contributed by atoms with van der Waals surface area (Å²) in [7, 11) is 0. The molecule has 0 spiro atoms. The summed E-state index contributed by atoms with van der Waals surface area (Å²) in [5, 5.41) is 8.59. The van der Waals surface area contributed by atoms with E-state index in [0.29, 0.717) is 12.8 Å². The molecule has 0 amide bonds. The third kappa shape index (κ3) is 17.8. The van der Waals surface area contributed by atoms with Crippen molar-refractivity contribution in [2.45, 2.75) is 129 Å². The summed E-state index contributed by atoms with van der Waals surface area (Å²) in [6.45, 7) is 4.23. The van der Waals surface area contributed by atoms with Crippen molar-refractivity contribution in [3.63, 3.8) is 0 Å². The summed E-state index contributed by atoms with van der Waals surface area (Å²) in [5.74, 6) is -0.719. The summed E-state index contributed by atoms with van der Waals surface area (Å²) in [6.07, 6.45) is 17.7. The van der Waals surface area contributed by atoms with E-state index < -0.39 is 5.97 Å². The molecule has 1 unspecified atom stereocenters. The molecule has 0 aromatic heterocycles. The minimum atomic E-state index is -0.686. The first-order valence-electron chi connectivity index (χ1n) is 11.0. The van der Waals surface area contributed by atoms with Crippen molar-refractivity contribution in [1.82, 2.24) is 0 Å². The van der Waals surface area contributed by atoms with Gasteiger partial charge in [-0.25, -0.2) is 0 Å². The zero-order chi connectivity index (χ0) is 19.5. The molecule has 4 heteroatoms. The Kier molecular flexibility index (Phi) is 18.0. The highest BCUT2D eigenvalue weighted by Gasteiger charge is 2.13. The van der Waals surface area contributed by atoms with Crippen LogP contribution in [0.5, 0.6) is 0 Å². The van der Waals surface area contributed by atoms with Crippen LogP contribution in [0.3, 0.4) is 0 Å². The Labute approximate surface area is 161 Å². The maximum absolute atomic E-state index is 11.8. The molecule has 1 N–H and O–H groups in total. The molecule has 4 nitrogen and oxygen atoms in total. The summed E-state index contributed by atoms with van der Waals surface area (Å²) >= 11 is 0. The Balaban J connectivity index is 3.73. The maximum Gasteiger partial charge on any atom is 0.306 e. The fourth-order valence-corrected chi connectivity index (χ4v) is 3.22. The lowest BCUT2D eigenvalue weighted by Crippen LogP contribution is -2.18. The second-order valence-electron chi connectivity index (χ2n) is 7.47. The van der Waals surface area contributed by atoms with Gasteiger partial charge in [-0.15, -0.1) is 0 Å². The summed E-state index contributed by atoms with van der Waals surface area (Å²) in [5.41, 5.74) is 0. The number of carboxylic acids is 1. The van der Waals surface area contributed by atoms with Gasteiger partial charge in [0, 0.05) is 12.8 Å². The summed E-state index contributed by atoms with van der Waals surface area (Å²) in [6, 6.07) is 0. The predicted molar refractivity (Wildman–Crippen MR) is 107 cm³/mol. The number of rotatable bonds is 19. The van der Waals surface area contributed by atoms with Crippen molar-refractivity contribution >= 4 is 11.9 Å². The molecule has 0 heterocycles. The average Bonchev–Trinajstić information content (AvgIpc) is 2.59. The highest BCUT2D eigenvalue weighted by atomic mass is 16.5. The van der Waals surface area contributed by atoms with E-state index in [9.17, 15) is 9.59 Å². The molecule has 0 saturated carbocycles. The molecule has 0 aliphatic rings. The van der Waals surface area contributed by atoms with Gasteiger partial charge in [0.15, 0.2) is 0 Å². The van der Waals surface area contributed by atoms with Crippen molar-refractivity contribution < 1.29 is 19.4 Å². The zero-order valence-electron chi connectivity index (χ0n) is 17.3. The van der Waals surface area contributed by atoms with Crippen LogP contribution >= 0.6 is 0 Å². The van der Waals surface area contributed by atoms with Crippen LogP contribution < -0.4 is 0 Å². The summed E-state index contributed by atoms with van der Waals surface area (Å²) in [4.78, 5) is 22.2. The highest BCUT2D eigenvalue weighted by molar-refractivity contribution is 5.69. The number of carbonyl (C=O) groups is 2. The number of ether oxygens (including phenoxy) is 1. The number of hydrogen-bond donors (Lipinski definition) is 1. The molecule has 0 aromatic rings. The minimum Gasteiger partial charge on any atom is -0.481 e. The zero-order valence-corrected chi connectivity index (χ0v) is 17.3. The van der Waals surface area contributed by atoms with E-state index >= 15 is 0 Å². The molecule has 26 heavy (non-hydrogen) atoms. The van der Waals surface area contributed by atoms with Gasteiger partial charge in [-0.3, -0.25) is 9.59 Å². The van der Waals surface area contributed by atoms with Crippen molar-refractivity contribution in [2.75, 3.05) is 0 Å². The van der Waals surface area contributed by atoms with Crippen LogP contribution in [0, 0.1) is 0 Å². The second kappa shape index (κ2) is 18.7. The van der Waals surface area contributed by atoms with E-state index in [2.05, 4.69) is 6.92 Å². The maximum atomic E-state index is 11.8. The van der Waals surface area contributed by atoms with Crippen LogP contribution in [0.1, 0.15) is 123 Å². The lowest BCUT2D eigenvalue weighted by Gasteiger charge is -2.18. The van der Waals surface area contributed by atoms with Crippen LogP contribution in [0.25, 0.3) is 0 Å². The van der Waals surface area contributed by atoms with Gasteiger partial charge in [0.05, 0.1) is 0 Å². The van der Waals surface area contributed by atoms with Crippen LogP contribution in [0.15, 0.2) is 0 Å². The van der Waals surface area contributed by atoms with Crippen molar-refractivity contribution in [3.05, 3.63) is 0 Å². The van der Waals surface area contributed by atoms with E-state index in [0.717, 1.165) is 51.4 Å². The first-order valence-corrected chi connectivity index (χ1v) is 11.0. The van der Waals surface area contributed by atoms with E-state index in [1.54, 1.807) is 0 Å². The van der Waals surface area contributed by atoms with Crippen molar-refractivity contribution in [1.29, 1.82) is 0 Å². The molecule has 0 aromatic carbocycles. The molecule has 0 saturated heterocycles. The molecule has 0 rings (SSSR count). The van der Waals surface area contributed by atoms with Crippen LogP contribution in [-0.2, 0) is 14.3 Å². The Bertz CT molecular complexity index is 341. The van der Waals surface area contributed by atoms with E-state index in [-0.39, 0.29) is 12.1 Å². The fraction of sp³-hybridized carbons (Fsp3) is 0.909. The standard InChI is InChI=1S/C22H42O4/c1-3-5-6-13-17-20(26-22(25)16-4-2)18-14-11-9-7-8-10-12-15-19-21(23)24/h20H,3-19H2,1-2H3,(H,23,24). The second-order valence-corrected chi connectivity index (χ2v) is 7.47. The minimum absolute atomic E-state index is 0.0330. The molecule has 0 radical (unpaired) electrons. The smallest absolute Gasteiger partial charge is 0.306 e. The van der Waals surface area contributed by atoms with Crippen LogP contribution in [-0.4, -0.2) is 23.1 Å². The van der Waals surface area contributed by atoms with Crippen LogP contribution in [0.2, 0.25) is 0 Å². The molecule has 0 aliphatic carbocycles. The first-order chi connectivity index (χ1) is 12.6. The first kappa shape index (κ1) is 24.9. The number of hydrogen-bond acceptors (Lipinski definition) is 3. The number of unbranched alkanes of at least 4 members (excludes halogenated alkanes) is 10. The number of esters is 1. The lowest BCUT2D eigenvalue weighted by molar-refractivity contribution is -0.150. The van der Waals surface area contributed by atoms with Gasteiger partial charge >= 0.3 is 11.9 Å². The monoisotopic (exact) mass is 370 g/mol.